The SMILES string of the molecule is CC(C)C[C@@H](C#N)OS(=O)(=O)c1ccc(Br)cc1. The molecule has 0 heterocycles. The number of hydrogen-bond donors (Lipinski definition) is 0. The standard InChI is InChI=1S/C12H14BrNO3S/c1-9(2)7-11(8-14)17-18(15,16)12-5-3-10(13)4-6-12/h3-6,9,11H,7H2,1-2H3/t11-/m0/s1. The van der Waals surface area contributed by atoms with Crippen molar-refractivity contribution in [3.05, 3.63) is 28.7 Å². The molecule has 1 atom stereocenters. The second-order valence-corrected chi connectivity index (χ2v) is 6.74. The van der Waals surface area contributed by atoms with Crippen molar-refractivity contribution in [2.75, 3.05) is 0 Å². The van der Waals surface area contributed by atoms with Gasteiger partial charge >= 0.3 is 0 Å². The molecule has 98 valence electrons. The molecule has 0 bridgehead atoms. The molecule has 0 aliphatic rings. The molecular weight excluding hydrogens is 318 g/mol. The van der Waals surface area contributed by atoms with Crippen LogP contribution in [0.3, 0.4) is 0 Å². The Labute approximate surface area is 116 Å². The first-order chi connectivity index (χ1) is 8.35. The van der Waals surface area contributed by atoms with Crippen LogP contribution in [0.15, 0.2) is 33.6 Å². The van der Waals surface area contributed by atoms with E-state index < -0.39 is 16.2 Å². The maximum Gasteiger partial charge on any atom is 0.298 e. The number of hydrogen-bond acceptors (Lipinski definition) is 4. The maximum absolute atomic E-state index is 11.9. The quantitative estimate of drug-likeness (QED) is 0.777. The number of nitrogens with zero attached hydrogens (tertiary/aromatic N) is 1. The Morgan fingerprint density at radius 2 is 1.89 bits per heavy atom. The van der Waals surface area contributed by atoms with E-state index in [1.807, 2.05) is 19.9 Å². The van der Waals surface area contributed by atoms with E-state index in [9.17, 15) is 8.42 Å². The van der Waals surface area contributed by atoms with Crippen LogP contribution in [0.25, 0.3) is 0 Å². The molecule has 0 aliphatic carbocycles. The van der Waals surface area contributed by atoms with E-state index in [0.717, 1.165) is 4.47 Å². The molecule has 0 spiro atoms. The van der Waals surface area contributed by atoms with Gasteiger partial charge < -0.3 is 0 Å². The zero-order chi connectivity index (χ0) is 13.8. The Morgan fingerprint density at radius 3 is 2.33 bits per heavy atom. The van der Waals surface area contributed by atoms with Crippen molar-refractivity contribution in [1.29, 1.82) is 5.26 Å². The van der Waals surface area contributed by atoms with Crippen molar-refractivity contribution in [1.82, 2.24) is 0 Å². The number of halogens is 1. The molecule has 6 heteroatoms. The molecule has 1 rings (SSSR count). The lowest BCUT2D eigenvalue weighted by Crippen LogP contribution is -2.18. The first-order valence-electron chi connectivity index (χ1n) is 5.43. The molecule has 0 saturated heterocycles. The summed E-state index contributed by atoms with van der Waals surface area (Å²) < 4.78 is 29.5. The summed E-state index contributed by atoms with van der Waals surface area (Å²) in [5, 5.41) is 8.88. The zero-order valence-corrected chi connectivity index (χ0v) is 12.5. The summed E-state index contributed by atoms with van der Waals surface area (Å²) in [6, 6.07) is 7.95. The Kier molecular flexibility index (Phi) is 5.32. The number of rotatable bonds is 5. The molecule has 0 fully saturated rings. The van der Waals surface area contributed by atoms with Crippen LogP contribution >= 0.6 is 15.9 Å². The molecule has 0 aromatic heterocycles. The highest BCUT2D eigenvalue weighted by Gasteiger charge is 2.22. The second-order valence-electron chi connectivity index (χ2n) is 4.25. The van der Waals surface area contributed by atoms with Crippen LogP contribution in [-0.2, 0) is 14.3 Å². The maximum atomic E-state index is 11.9. The van der Waals surface area contributed by atoms with Crippen molar-refractivity contribution in [2.45, 2.75) is 31.3 Å². The fourth-order valence-electron chi connectivity index (χ4n) is 1.35. The van der Waals surface area contributed by atoms with Gasteiger partial charge in [0, 0.05) is 4.47 Å². The minimum absolute atomic E-state index is 0.0507. The molecule has 1 aromatic rings. The van der Waals surface area contributed by atoms with Crippen molar-refractivity contribution in [3.8, 4) is 6.07 Å². The predicted octanol–water partition coefficient (Wildman–Crippen LogP) is 3.09. The van der Waals surface area contributed by atoms with E-state index in [4.69, 9.17) is 9.44 Å². The Hall–Kier alpha value is -0.900. The van der Waals surface area contributed by atoms with Gasteiger partial charge in [0.1, 0.15) is 0 Å². The molecule has 4 nitrogen and oxygen atoms in total. The topological polar surface area (TPSA) is 67.2 Å². The molecule has 0 saturated carbocycles. The van der Waals surface area contributed by atoms with Crippen LogP contribution < -0.4 is 0 Å². The van der Waals surface area contributed by atoms with Crippen LogP contribution in [0.2, 0.25) is 0 Å². The van der Waals surface area contributed by atoms with Gasteiger partial charge in [-0.15, -0.1) is 0 Å². The third-order valence-electron chi connectivity index (χ3n) is 2.17. The molecule has 0 unspecified atom stereocenters. The van der Waals surface area contributed by atoms with Gasteiger partial charge in [0.2, 0.25) is 0 Å². The van der Waals surface area contributed by atoms with Gasteiger partial charge in [-0.25, -0.2) is 4.18 Å². The summed E-state index contributed by atoms with van der Waals surface area (Å²) in [6.45, 7) is 3.81. The van der Waals surface area contributed by atoms with E-state index in [2.05, 4.69) is 15.9 Å². The van der Waals surface area contributed by atoms with Crippen LogP contribution in [0.1, 0.15) is 20.3 Å². The van der Waals surface area contributed by atoms with Gasteiger partial charge in [-0.2, -0.15) is 13.7 Å². The van der Waals surface area contributed by atoms with Gasteiger partial charge in [-0.05, 0) is 36.6 Å². The second kappa shape index (κ2) is 6.32. The Balaban J connectivity index is 2.88. The zero-order valence-electron chi connectivity index (χ0n) is 10.1. The van der Waals surface area contributed by atoms with Gasteiger partial charge in [0.05, 0.1) is 11.0 Å². The van der Waals surface area contributed by atoms with Crippen molar-refractivity contribution in [3.63, 3.8) is 0 Å². The number of nitriles is 1. The highest BCUT2D eigenvalue weighted by Crippen LogP contribution is 2.19. The molecule has 0 N–H and O–H groups in total. The third kappa shape index (κ3) is 4.41. The molecule has 0 aliphatic heterocycles. The van der Waals surface area contributed by atoms with E-state index >= 15 is 0 Å². The molecule has 18 heavy (non-hydrogen) atoms. The Morgan fingerprint density at radius 1 is 1.33 bits per heavy atom. The fourth-order valence-corrected chi connectivity index (χ4v) is 2.62. The van der Waals surface area contributed by atoms with Crippen LogP contribution in [0, 0.1) is 17.2 Å². The number of benzene rings is 1. The summed E-state index contributed by atoms with van der Waals surface area (Å²) in [6.07, 6.45) is -0.564. The average Bonchev–Trinajstić information content (AvgIpc) is 2.27. The lowest BCUT2D eigenvalue weighted by Gasteiger charge is -2.12. The van der Waals surface area contributed by atoms with Crippen molar-refractivity contribution < 1.29 is 12.6 Å². The highest BCUT2D eigenvalue weighted by atomic mass is 79.9. The molecule has 0 amide bonds. The van der Waals surface area contributed by atoms with Gasteiger partial charge in [-0.1, -0.05) is 29.8 Å². The molecule has 1 aromatic carbocycles. The lowest BCUT2D eigenvalue weighted by atomic mass is 10.1. The van der Waals surface area contributed by atoms with Crippen molar-refractivity contribution >= 4 is 26.0 Å². The largest absolute Gasteiger partial charge is 0.298 e. The van der Waals surface area contributed by atoms with E-state index in [1.165, 1.54) is 12.1 Å². The summed E-state index contributed by atoms with van der Waals surface area (Å²) in [5.41, 5.74) is 0. The minimum atomic E-state index is -3.88. The van der Waals surface area contributed by atoms with Crippen LogP contribution in [0.4, 0.5) is 0 Å². The van der Waals surface area contributed by atoms with Gasteiger partial charge in [0.15, 0.2) is 6.10 Å². The summed E-state index contributed by atoms with van der Waals surface area (Å²) in [5.74, 6) is 0.190. The van der Waals surface area contributed by atoms with Crippen molar-refractivity contribution in [2.24, 2.45) is 5.92 Å². The first-order valence-corrected chi connectivity index (χ1v) is 7.63. The average molecular weight is 332 g/mol. The highest BCUT2D eigenvalue weighted by molar-refractivity contribution is 9.10. The molecule has 0 radical (unpaired) electrons. The van der Waals surface area contributed by atoms with Crippen LogP contribution in [-0.4, -0.2) is 14.5 Å². The predicted molar refractivity (Wildman–Crippen MR) is 71.3 cm³/mol. The van der Waals surface area contributed by atoms with Gasteiger partial charge in [0.25, 0.3) is 10.1 Å². The third-order valence-corrected chi connectivity index (χ3v) is 4.04. The lowest BCUT2D eigenvalue weighted by molar-refractivity contribution is 0.232. The van der Waals surface area contributed by atoms with E-state index in [1.54, 1.807) is 12.1 Å². The monoisotopic (exact) mass is 331 g/mol. The normalized spacial score (nSPS) is 13.3. The van der Waals surface area contributed by atoms with Crippen LogP contribution in [0.5, 0.6) is 0 Å². The minimum Gasteiger partial charge on any atom is -0.248 e. The van der Waals surface area contributed by atoms with Gasteiger partial charge in [-0.3, -0.25) is 0 Å². The smallest absolute Gasteiger partial charge is 0.248 e. The summed E-state index contributed by atoms with van der Waals surface area (Å²) >= 11 is 3.22. The van der Waals surface area contributed by atoms with E-state index in [-0.39, 0.29) is 10.8 Å². The van der Waals surface area contributed by atoms with E-state index in [0.29, 0.717) is 6.42 Å². The fraction of sp³-hybridized carbons (Fsp3) is 0.417. The molecular formula is C12H14BrNO3S. The first kappa shape index (κ1) is 15.2. The summed E-state index contributed by atoms with van der Waals surface area (Å²) in [4.78, 5) is 0.0507. The Bertz CT molecular complexity index is 531. The summed E-state index contributed by atoms with van der Waals surface area (Å²) in [7, 11) is -3.88.